The first-order chi connectivity index (χ1) is 12.4. The van der Waals surface area contributed by atoms with Crippen LogP contribution in [0.4, 0.5) is 4.39 Å². The molecule has 1 aromatic heterocycles. The summed E-state index contributed by atoms with van der Waals surface area (Å²) in [6, 6.07) is 4.94. The lowest BCUT2D eigenvalue weighted by atomic mass is 10.3. The van der Waals surface area contributed by atoms with Gasteiger partial charge in [-0.2, -0.15) is 9.40 Å². The van der Waals surface area contributed by atoms with Crippen molar-refractivity contribution in [3.8, 4) is 0 Å². The van der Waals surface area contributed by atoms with Crippen molar-refractivity contribution in [3.05, 3.63) is 54.1 Å². The highest BCUT2D eigenvalue weighted by molar-refractivity contribution is 7.89. The molecule has 2 aromatic rings. The molecule has 1 aromatic carbocycles. The van der Waals surface area contributed by atoms with E-state index in [1.165, 1.54) is 28.6 Å². The van der Waals surface area contributed by atoms with Crippen molar-refractivity contribution in [2.75, 3.05) is 26.2 Å². The number of hydrogen-bond acceptors (Lipinski definition) is 4. The molecule has 0 aliphatic carbocycles. The predicted octanol–water partition coefficient (Wildman–Crippen LogP) is 1.11. The molecule has 3 rings (SSSR count). The zero-order valence-corrected chi connectivity index (χ0v) is 15.1. The second kappa shape index (κ2) is 7.38. The summed E-state index contributed by atoms with van der Waals surface area (Å²) in [5.41, 5.74) is 0.813. The summed E-state index contributed by atoms with van der Waals surface area (Å²) in [6.07, 6.45) is 6.56. The normalized spacial score (nSPS) is 16.3. The van der Waals surface area contributed by atoms with E-state index in [1.54, 1.807) is 35.1 Å². The van der Waals surface area contributed by atoms with Gasteiger partial charge in [0, 0.05) is 51.1 Å². The van der Waals surface area contributed by atoms with Crippen LogP contribution in [0.3, 0.4) is 0 Å². The lowest BCUT2D eigenvalue weighted by molar-refractivity contribution is -0.127. The molecule has 7 nitrogen and oxygen atoms in total. The number of halogens is 1. The topological polar surface area (TPSA) is 75.5 Å². The van der Waals surface area contributed by atoms with Crippen molar-refractivity contribution in [1.29, 1.82) is 0 Å². The Balaban J connectivity index is 1.61. The van der Waals surface area contributed by atoms with E-state index in [2.05, 4.69) is 5.10 Å². The largest absolute Gasteiger partial charge is 0.337 e. The number of carbonyl (C=O) groups is 1. The minimum absolute atomic E-state index is 0.0752. The molecule has 1 amide bonds. The first-order valence-corrected chi connectivity index (χ1v) is 9.51. The molecule has 0 spiro atoms. The maximum absolute atomic E-state index is 13.3. The van der Waals surface area contributed by atoms with Gasteiger partial charge >= 0.3 is 0 Å². The van der Waals surface area contributed by atoms with Gasteiger partial charge in [-0.05, 0) is 24.3 Å². The summed E-state index contributed by atoms with van der Waals surface area (Å²) in [4.78, 5) is 13.8. The molecule has 0 N–H and O–H groups in total. The highest BCUT2D eigenvalue weighted by Crippen LogP contribution is 2.18. The van der Waals surface area contributed by atoms with Crippen LogP contribution in [-0.2, 0) is 21.9 Å². The van der Waals surface area contributed by atoms with Gasteiger partial charge in [0.05, 0.1) is 11.1 Å². The van der Waals surface area contributed by atoms with E-state index in [9.17, 15) is 17.6 Å². The minimum atomic E-state index is -3.76. The van der Waals surface area contributed by atoms with Gasteiger partial charge < -0.3 is 4.90 Å². The van der Waals surface area contributed by atoms with Crippen molar-refractivity contribution in [2.45, 2.75) is 4.90 Å². The second-order valence-electron chi connectivity index (χ2n) is 5.97. The fraction of sp³-hybridized carbons (Fsp3) is 0.294. The Morgan fingerprint density at radius 2 is 1.96 bits per heavy atom. The molecule has 138 valence electrons. The molecule has 0 bridgehead atoms. The van der Waals surface area contributed by atoms with Crippen LogP contribution in [-0.4, -0.2) is 59.5 Å². The SMILES string of the molecule is Cn1cc(/C=C/C(=O)N2CCN(S(=O)(=O)c3cccc(F)c3)CC2)cn1. The van der Waals surface area contributed by atoms with Crippen molar-refractivity contribution < 1.29 is 17.6 Å². The Labute approximate surface area is 151 Å². The van der Waals surface area contributed by atoms with Crippen LogP contribution in [0.2, 0.25) is 0 Å². The molecular weight excluding hydrogens is 359 g/mol. The van der Waals surface area contributed by atoms with Crippen molar-refractivity contribution in [2.24, 2.45) is 7.05 Å². The number of sulfonamides is 1. The van der Waals surface area contributed by atoms with Crippen molar-refractivity contribution in [3.63, 3.8) is 0 Å². The predicted molar refractivity (Wildman–Crippen MR) is 94.0 cm³/mol. The van der Waals surface area contributed by atoms with Crippen LogP contribution >= 0.6 is 0 Å². The van der Waals surface area contributed by atoms with E-state index in [4.69, 9.17) is 0 Å². The summed E-state index contributed by atoms with van der Waals surface area (Å²) in [5, 5.41) is 4.02. The number of aryl methyl sites for hydroxylation is 1. The van der Waals surface area contributed by atoms with Crippen LogP contribution in [0.25, 0.3) is 6.08 Å². The highest BCUT2D eigenvalue weighted by Gasteiger charge is 2.29. The van der Waals surface area contributed by atoms with E-state index in [0.717, 1.165) is 11.6 Å². The average Bonchev–Trinajstić information content (AvgIpc) is 3.05. The van der Waals surface area contributed by atoms with Crippen LogP contribution in [0, 0.1) is 5.82 Å². The number of carbonyl (C=O) groups excluding carboxylic acids is 1. The summed E-state index contributed by atoms with van der Waals surface area (Å²) in [5.74, 6) is -0.780. The van der Waals surface area contributed by atoms with Gasteiger partial charge in [0.2, 0.25) is 15.9 Å². The first-order valence-electron chi connectivity index (χ1n) is 8.07. The molecule has 0 unspecified atom stereocenters. The lowest BCUT2D eigenvalue weighted by Crippen LogP contribution is -2.50. The van der Waals surface area contributed by atoms with E-state index < -0.39 is 15.8 Å². The number of hydrogen-bond donors (Lipinski definition) is 0. The number of piperazine rings is 1. The number of benzene rings is 1. The number of nitrogens with zero attached hydrogens (tertiary/aromatic N) is 4. The summed E-state index contributed by atoms with van der Waals surface area (Å²) in [6.45, 7) is 0.909. The van der Waals surface area contributed by atoms with Gasteiger partial charge in [-0.1, -0.05) is 6.07 Å². The Morgan fingerprint density at radius 1 is 1.23 bits per heavy atom. The third-order valence-electron chi connectivity index (χ3n) is 4.13. The van der Waals surface area contributed by atoms with Crippen LogP contribution in [0.5, 0.6) is 0 Å². The Kier molecular flexibility index (Phi) is 5.19. The summed E-state index contributed by atoms with van der Waals surface area (Å²) in [7, 11) is -1.97. The monoisotopic (exact) mass is 378 g/mol. The first kappa shape index (κ1) is 18.3. The molecule has 9 heteroatoms. The molecule has 1 fully saturated rings. The Bertz CT molecular complexity index is 931. The molecule has 1 aliphatic rings. The molecule has 0 radical (unpaired) electrons. The lowest BCUT2D eigenvalue weighted by Gasteiger charge is -2.33. The number of amides is 1. The number of rotatable bonds is 4. The molecule has 1 aliphatic heterocycles. The fourth-order valence-electron chi connectivity index (χ4n) is 2.72. The zero-order chi connectivity index (χ0) is 18.7. The van der Waals surface area contributed by atoms with Crippen LogP contribution < -0.4 is 0 Å². The van der Waals surface area contributed by atoms with Gasteiger partial charge in [0.1, 0.15) is 5.82 Å². The van der Waals surface area contributed by atoms with Gasteiger partial charge in [-0.25, -0.2) is 12.8 Å². The van der Waals surface area contributed by atoms with Gasteiger partial charge in [0.15, 0.2) is 0 Å². The quantitative estimate of drug-likeness (QED) is 0.747. The van der Waals surface area contributed by atoms with Gasteiger partial charge in [-0.3, -0.25) is 9.48 Å². The molecule has 26 heavy (non-hydrogen) atoms. The van der Waals surface area contributed by atoms with Crippen molar-refractivity contribution >= 4 is 22.0 Å². The maximum Gasteiger partial charge on any atom is 0.246 e. The standard InChI is InChI=1S/C17H19FN4O3S/c1-20-13-14(12-19-20)5-6-17(23)21-7-9-22(10-8-21)26(24,25)16-4-2-3-15(18)11-16/h2-6,11-13H,7-10H2,1H3/b6-5+. The molecule has 0 atom stereocenters. The third-order valence-corrected chi connectivity index (χ3v) is 6.02. The second-order valence-corrected chi connectivity index (χ2v) is 7.91. The van der Waals surface area contributed by atoms with E-state index in [1.807, 2.05) is 0 Å². The summed E-state index contributed by atoms with van der Waals surface area (Å²) >= 11 is 0. The van der Waals surface area contributed by atoms with E-state index in [-0.39, 0.29) is 37.0 Å². The smallest absolute Gasteiger partial charge is 0.246 e. The van der Waals surface area contributed by atoms with E-state index in [0.29, 0.717) is 0 Å². The Morgan fingerprint density at radius 3 is 2.58 bits per heavy atom. The summed E-state index contributed by atoms with van der Waals surface area (Å²) < 4.78 is 41.3. The zero-order valence-electron chi connectivity index (χ0n) is 14.2. The minimum Gasteiger partial charge on any atom is -0.337 e. The molecule has 1 saturated heterocycles. The molecule has 0 saturated carbocycles. The maximum atomic E-state index is 13.3. The molecule has 2 heterocycles. The third kappa shape index (κ3) is 4.00. The van der Waals surface area contributed by atoms with Crippen molar-refractivity contribution in [1.82, 2.24) is 19.0 Å². The fourth-order valence-corrected chi connectivity index (χ4v) is 4.18. The van der Waals surface area contributed by atoms with E-state index >= 15 is 0 Å². The Hall–Kier alpha value is -2.52. The number of aromatic nitrogens is 2. The van der Waals surface area contributed by atoms with Gasteiger partial charge in [-0.15, -0.1) is 0 Å². The van der Waals surface area contributed by atoms with Crippen LogP contribution in [0.15, 0.2) is 47.6 Å². The highest BCUT2D eigenvalue weighted by atomic mass is 32.2. The van der Waals surface area contributed by atoms with Gasteiger partial charge in [0.25, 0.3) is 0 Å². The molecular formula is C17H19FN4O3S. The average molecular weight is 378 g/mol. The van der Waals surface area contributed by atoms with Crippen LogP contribution in [0.1, 0.15) is 5.56 Å².